The highest BCUT2D eigenvalue weighted by Crippen LogP contribution is 2.05. The number of anilines is 2. The summed E-state index contributed by atoms with van der Waals surface area (Å²) < 4.78 is 3.26. The van der Waals surface area contributed by atoms with Gasteiger partial charge in [-0.1, -0.05) is 0 Å². The normalized spacial score (nSPS) is 10.7. The van der Waals surface area contributed by atoms with Crippen molar-refractivity contribution >= 4 is 11.9 Å². The molecule has 0 atom stereocenters. The summed E-state index contributed by atoms with van der Waals surface area (Å²) >= 11 is 0. The van der Waals surface area contributed by atoms with Crippen molar-refractivity contribution in [1.82, 2.24) is 39.5 Å². The Hall–Kier alpha value is -3.04. The van der Waals surface area contributed by atoms with Crippen LogP contribution in [0, 0.1) is 6.92 Å². The van der Waals surface area contributed by atoms with Crippen molar-refractivity contribution in [3.8, 4) is 5.95 Å². The molecule has 21 heavy (non-hydrogen) atoms. The van der Waals surface area contributed by atoms with Crippen molar-refractivity contribution in [3.63, 3.8) is 0 Å². The number of nitrogens with one attached hydrogen (secondary N) is 1. The number of nitrogen functional groups attached to an aromatic ring is 1. The largest absolute Gasteiger partial charge is 0.368 e. The SMILES string of the molecule is Cc1cnn(CCNc2nc(N)nc(-n3cncn3)n2)c1. The van der Waals surface area contributed by atoms with E-state index in [2.05, 4.69) is 35.5 Å². The molecule has 0 fully saturated rings. The van der Waals surface area contributed by atoms with Crippen molar-refractivity contribution in [3.05, 3.63) is 30.6 Å². The van der Waals surface area contributed by atoms with Gasteiger partial charge in [0.2, 0.25) is 11.9 Å². The number of hydrogen-bond donors (Lipinski definition) is 2. The Morgan fingerprint density at radius 3 is 2.86 bits per heavy atom. The molecule has 0 aliphatic rings. The molecular weight excluding hydrogens is 272 g/mol. The van der Waals surface area contributed by atoms with E-state index >= 15 is 0 Å². The topological polar surface area (TPSA) is 125 Å². The van der Waals surface area contributed by atoms with Gasteiger partial charge in [0.05, 0.1) is 12.7 Å². The van der Waals surface area contributed by atoms with Crippen LogP contribution in [0.25, 0.3) is 5.95 Å². The van der Waals surface area contributed by atoms with Crippen molar-refractivity contribution in [2.75, 3.05) is 17.6 Å². The molecule has 0 aliphatic heterocycles. The minimum absolute atomic E-state index is 0.118. The molecule has 0 bridgehead atoms. The number of hydrogen-bond acceptors (Lipinski definition) is 8. The molecule has 0 radical (unpaired) electrons. The second kappa shape index (κ2) is 5.53. The van der Waals surface area contributed by atoms with Gasteiger partial charge < -0.3 is 11.1 Å². The molecule has 3 aromatic heterocycles. The van der Waals surface area contributed by atoms with Gasteiger partial charge in [-0.2, -0.15) is 29.8 Å². The molecule has 0 saturated heterocycles. The summed E-state index contributed by atoms with van der Waals surface area (Å²) in [4.78, 5) is 16.1. The molecule has 108 valence electrons. The Kier molecular flexibility index (Phi) is 3.41. The van der Waals surface area contributed by atoms with E-state index in [4.69, 9.17) is 5.73 Å². The first-order chi connectivity index (χ1) is 10.2. The summed E-state index contributed by atoms with van der Waals surface area (Å²) in [5, 5.41) is 11.2. The van der Waals surface area contributed by atoms with Crippen LogP contribution in [0.3, 0.4) is 0 Å². The van der Waals surface area contributed by atoms with Gasteiger partial charge in [-0.25, -0.2) is 4.98 Å². The average Bonchev–Trinajstić information content (AvgIpc) is 3.10. The van der Waals surface area contributed by atoms with Gasteiger partial charge in [0.15, 0.2) is 0 Å². The molecule has 10 nitrogen and oxygen atoms in total. The summed E-state index contributed by atoms with van der Waals surface area (Å²) in [6.45, 7) is 3.30. The van der Waals surface area contributed by atoms with E-state index in [-0.39, 0.29) is 5.95 Å². The van der Waals surface area contributed by atoms with E-state index in [1.807, 2.05) is 24.0 Å². The summed E-state index contributed by atoms with van der Waals surface area (Å²) in [7, 11) is 0. The highest BCUT2D eigenvalue weighted by Gasteiger charge is 2.06. The van der Waals surface area contributed by atoms with Crippen LogP contribution < -0.4 is 11.1 Å². The van der Waals surface area contributed by atoms with Gasteiger partial charge in [-0.3, -0.25) is 4.68 Å². The smallest absolute Gasteiger partial charge is 0.258 e. The second-order valence-electron chi connectivity index (χ2n) is 4.36. The Morgan fingerprint density at radius 2 is 2.14 bits per heavy atom. The first-order valence-electron chi connectivity index (χ1n) is 6.30. The highest BCUT2D eigenvalue weighted by atomic mass is 15.4. The third-order valence-electron chi connectivity index (χ3n) is 2.65. The van der Waals surface area contributed by atoms with E-state index in [0.717, 1.165) is 5.56 Å². The highest BCUT2D eigenvalue weighted by molar-refractivity contribution is 5.34. The molecular formula is C11H14N10. The molecule has 0 saturated carbocycles. The molecule has 10 heteroatoms. The Morgan fingerprint density at radius 1 is 1.24 bits per heavy atom. The first-order valence-corrected chi connectivity index (χ1v) is 6.30. The van der Waals surface area contributed by atoms with Crippen LogP contribution in [0.4, 0.5) is 11.9 Å². The minimum Gasteiger partial charge on any atom is -0.368 e. The predicted octanol–water partition coefficient (Wildman–Crippen LogP) is -0.348. The maximum Gasteiger partial charge on any atom is 0.258 e. The molecule has 3 N–H and O–H groups in total. The number of nitrogens with zero attached hydrogens (tertiary/aromatic N) is 8. The number of aromatic nitrogens is 8. The third kappa shape index (κ3) is 3.11. The van der Waals surface area contributed by atoms with Crippen LogP contribution in [0.1, 0.15) is 5.56 Å². The Balaban J connectivity index is 1.68. The van der Waals surface area contributed by atoms with E-state index in [9.17, 15) is 0 Å². The van der Waals surface area contributed by atoms with Crippen LogP contribution in [0.2, 0.25) is 0 Å². The molecule has 3 heterocycles. The van der Waals surface area contributed by atoms with Crippen molar-refractivity contribution < 1.29 is 0 Å². The fourth-order valence-electron chi connectivity index (χ4n) is 1.75. The summed E-state index contributed by atoms with van der Waals surface area (Å²) in [6.07, 6.45) is 6.66. The molecule has 0 aromatic carbocycles. The van der Waals surface area contributed by atoms with Gasteiger partial charge in [0.1, 0.15) is 12.7 Å². The maximum absolute atomic E-state index is 5.67. The van der Waals surface area contributed by atoms with Gasteiger partial charge in [-0.05, 0) is 12.5 Å². The van der Waals surface area contributed by atoms with E-state index in [1.54, 1.807) is 0 Å². The van der Waals surface area contributed by atoms with Gasteiger partial charge >= 0.3 is 0 Å². The lowest BCUT2D eigenvalue weighted by molar-refractivity contribution is 0.635. The fraction of sp³-hybridized carbons (Fsp3) is 0.273. The molecule has 0 amide bonds. The predicted molar refractivity (Wildman–Crippen MR) is 74.6 cm³/mol. The van der Waals surface area contributed by atoms with E-state index < -0.39 is 0 Å². The van der Waals surface area contributed by atoms with E-state index in [0.29, 0.717) is 25.0 Å². The number of nitrogens with two attached hydrogens (primary N) is 1. The van der Waals surface area contributed by atoms with Gasteiger partial charge in [0.25, 0.3) is 5.95 Å². The second-order valence-corrected chi connectivity index (χ2v) is 4.36. The van der Waals surface area contributed by atoms with Crippen molar-refractivity contribution in [2.24, 2.45) is 0 Å². The number of rotatable bonds is 5. The molecule has 0 aliphatic carbocycles. The lowest BCUT2D eigenvalue weighted by Crippen LogP contribution is -2.15. The van der Waals surface area contributed by atoms with Crippen LogP contribution in [-0.2, 0) is 6.54 Å². The summed E-state index contributed by atoms with van der Waals surface area (Å²) in [5.74, 6) is 0.822. The Bertz CT molecular complexity index is 716. The fourth-order valence-corrected chi connectivity index (χ4v) is 1.75. The first kappa shape index (κ1) is 13.0. The van der Waals surface area contributed by atoms with Crippen LogP contribution in [-0.4, -0.2) is 46.0 Å². The number of aryl methyl sites for hydroxylation is 1. The molecule has 0 spiro atoms. The lowest BCUT2D eigenvalue weighted by Gasteiger charge is -2.07. The zero-order chi connectivity index (χ0) is 14.7. The maximum atomic E-state index is 5.67. The standard InChI is InChI=1S/C11H14N10/c1-8-4-15-20(5-8)3-2-14-10-17-9(12)18-11(19-10)21-7-13-6-16-21/h4-7H,2-3H2,1H3,(H3,12,14,17,18,19). The van der Waals surface area contributed by atoms with E-state index in [1.165, 1.54) is 17.3 Å². The monoisotopic (exact) mass is 286 g/mol. The van der Waals surface area contributed by atoms with Gasteiger partial charge in [-0.15, -0.1) is 0 Å². The van der Waals surface area contributed by atoms with Crippen molar-refractivity contribution in [2.45, 2.75) is 13.5 Å². The van der Waals surface area contributed by atoms with Crippen LogP contribution in [0.5, 0.6) is 0 Å². The third-order valence-corrected chi connectivity index (χ3v) is 2.65. The quantitative estimate of drug-likeness (QED) is 0.652. The zero-order valence-corrected chi connectivity index (χ0v) is 11.4. The van der Waals surface area contributed by atoms with Gasteiger partial charge in [0, 0.05) is 12.7 Å². The summed E-state index contributed by atoms with van der Waals surface area (Å²) in [5.41, 5.74) is 6.79. The molecule has 3 rings (SSSR count). The van der Waals surface area contributed by atoms with Crippen LogP contribution in [0.15, 0.2) is 25.0 Å². The molecule has 3 aromatic rings. The van der Waals surface area contributed by atoms with Crippen molar-refractivity contribution in [1.29, 1.82) is 0 Å². The average molecular weight is 286 g/mol. The molecule has 0 unspecified atom stereocenters. The Labute approximate surface area is 120 Å². The summed E-state index contributed by atoms with van der Waals surface area (Å²) in [6, 6.07) is 0. The zero-order valence-electron chi connectivity index (χ0n) is 11.4. The lowest BCUT2D eigenvalue weighted by atomic mass is 10.4. The minimum atomic E-state index is 0.118. The van der Waals surface area contributed by atoms with Crippen LogP contribution >= 0.6 is 0 Å².